The van der Waals surface area contributed by atoms with Gasteiger partial charge < -0.3 is 9.73 Å². The van der Waals surface area contributed by atoms with Crippen LogP contribution >= 0.6 is 0 Å². The van der Waals surface area contributed by atoms with Crippen molar-refractivity contribution in [2.45, 2.75) is 32.6 Å². The summed E-state index contributed by atoms with van der Waals surface area (Å²) in [4.78, 5) is 0. The number of hydrogen-bond donors (Lipinski definition) is 1. The second kappa shape index (κ2) is 5.87. The van der Waals surface area contributed by atoms with Gasteiger partial charge in [0.1, 0.15) is 5.58 Å². The summed E-state index contributed by atoms with van der Waals surface area (Å²) >= 11 is 0. The number of aryl methyl sites for hydroxylation is 1. The minimum absolute atomic E-state index is 0.994. The van der Waals surface area contributed by atoms with Crippen molar-refractivity contribution in [3.63, 3.8) is 0 Å². The van der Waals surface area contributed by atoms with Crippen LogP contribution in [0.15, 0.2) is 28.9 Å². The normalized spacial score (nSPS) is 11.2. The summed E-state index contributed by atoms with van der Waals surface area (Å²) in [6.07, 6.45) is 6.60. The lowest BCUT2D eigenvalue weighted by Crippen LogP contribution is -2.09. The van der Waals surface area contributed by atoms with Crippen LogP contribution in [-0.2, 0) is 12.8 Å². The average molecular weight is 231 g/mol. The van der Waals surface area contributed by atoms with Gasteiger partial charge in [-0.3, -0.25) is 0 Å². The zero-order chi connectivity index (χ0) is 12.1. The summed E-state index contributed by atoms with van der Waals surface area (Å²) in [5, 5.41) is 4.46. The lowest BCUT2D eigenvalue weighted by atomic mass is 10.0. The first-order chi connectivity index (χ1) is 8.35. The van der Waals surface area contributed by atoms with Gasteiger partial charge in [0.05, 0.1) is 6.26 Å². The van der Waals surface area contributed by atoms with Crippen LogP contribution in [0.5, 0.6) is 0 Å². The maximum atomic E-state index is 5.58. The van der Waals surface area contributed by atoms with E-state index in [2.05, 4.69) is 30.4 Å². The standard InChI is InChI=1S/C15H21NO/c1-3-4-5-12-6-7-15-14(10-12)13(11-17-15)8-9-16-2/h6-7,10-11,16H,3-5,8-9H2,1-2H3. The third kappa shape index (κ3) is 2.89. The second-order valence-electron chi connectivity index (χ2n) is 4.55. The summed E-state index contributed by atoms with van der Waals surface area (Å²) < 4.78 is 5.58. The fourth-order valence-electron chi connectivity index (χ4n) is 2.12. The first kappa shape index (κ1) is 12.2. The molecule has 1 aromatic carbocycles. The maximum Gasteiger partial charge on any atom is 0.134 e. The van der Waals surface area contributed by atoms with Crippen LogP contribution < -0.4 is 5.32 Å². The Morgan fingerprint density at radius 3 is 2.88 bits per heavy atom. The fraction of sp³-hybridized carbons (Fsp3) is 0.467. The van der Waals surface area contributed by atoms with E-state index < -0.39 is 0 Å². The highest BCUT2D eigenvalue weighted by molar-refractivity contribution is 5.81. The molecule has 0 unspecified atom stereocenters. The largest absolute Gasteiger partial charge is 0.464 e. The van der Waals surface area contributed by atoms with E-state index in [1.54, 1.807) is 0 Å². The van der Waals surface area contributed by atoms with Crippen LogP contribution in [0, 0.1) is 0 Å². The molecule has 92 valence electrons. The predicted octanol–water partition coefficient (Wildman–Crippen LogP) is 3.54. The minimum atomic E-state index is 0.994. The van der Waals surface area contributed by atoms with Gasteiger partial charge in [-0.15, -0.1) is 0 Å². The van der Waals surface area contributed by atoms with Crippen LogP contribution in [0.4, 0.5) is 0 Å². The fourth-order valence-corrected chi connectivity index (χ4v) is 2.12. The van der Waals surface area contributed by atoms with Crippen LogP contribution in [0.25, 0.3) is 11.0 Å². The lowest BCUT2D eigenvalue weighted by Gasteiger charge is -2.01. The van der Waals surface area contributed by atoms with Crippen molar-refractivity contribution in [2.75, 3.05) is 13.6 Å². The summed E-state index contributed by atoms with van der Waals surface area (Å²) in [7, 11) is 1.98. The van der Waals surface area contributed by atoms with Crippen LogP contribution in [0.3, 0.4) is 0 Å². The van der Waals surface area contributed by atoms with Crippen molar-refractivity contribution < 1.29 is 4.42 Å². The molecule has 2 rings (SSSR count). The highest BCUT2D eigenvalue weighted by Crippen LogP contribution is 2.23. The number of nitrogens with one attached hydrogen (secondary N) is 1. The number of benzene rings is 1. The third-order valence-corrected chi connectivity index (χ3v) is 3.18. The highest BCUT2D eigenvalue weighted by Gasteiger charge is 2.06. The molecule has 0 aliphatic heterocycles. The van der Waals surface area contributed by atoms with Gasteiger partial charge >= 0.3 is 0 Å². The molecule has 1 heterocycles. The van der Waals surface area contributed by atoms with Crippen molar-refractivity contribution >= 4 is 11.0 Å². The summed E-state index contributed by atoms with van der Waals surface area (Å²) in [6, 6.07) is 6.58. The summed E-state index contributed by atoms with van der Waals surface area (Å²) in [5.74, 6) is 0. The average Bonchev–Trinajstić information content (AvgIpc) is 2.76. The van der Waals surface area contributed by atoms with E-state index >= 15 is 0 Å². The van der Waals surface area contributed by atoms with Gasteiger partial charge in [0, 0.05) is 5.39 Å². The van der Waals surface area contributed by atoms with Crippen LogP contribution in [0.2, 0.25) is 0 Å². The van der Waals surface area contributed by atoms with Gasteiger partial charge in [0.15, 0.2) is 0 Å². The van der Waals surface area contributed by atoms with E-state index in [9.17, 15) is 0 Å². The molecule has 2 nitrogen and oxygen atoms in total. The van der Waals surface area contributed by atoms with E-state index in [-0.39, 0.29) is 0 Å². The number of furan rings is 1. The molecular formula is C15H21NO. The van der Waals surface area contributed by atoms with Gasteiger partial charge in [-0.1, -0.05) is 19.4 Å². The van der Waals surface area contributed by atoms with Crippen LogP contribution in [-0.4, -0.2) is 13.6 Å². The zero-order valence-corrected chi connectivity index (χ0v) is 10.8. The van der Waals surface area contributed by atoms with Crippen molar-refractivity contribution in [1.29, 1.82) is 0 Å². The molecule has 0 aliphatic rings. The number of unbranched alkanes of at least 4 members (excludes halogenated alkanes) is 1. The molecule has 0 saturated carbocycles. The predicted molar refractivity (Wildman–Crippen MR) is 72.5 cm³/mol. The highest BCUT2D eigenvalue weighted by atomic mass is 16.3. The SMILES string of the molecule is CCCCc1ccc2occ(CCNC)c2c1. The van der Waals surface area contributed by atoms with E-state index in [4.69, 9.17) is 4.42 Å². The Kier molecular flexibility index (Phi) is 4.21. The molecule has 0 atom stereocenters. The Morgan fingerprint density at radius 1 is 1.24 bits per heavy atom. The molecule has 2 heteroatoms. The summed E-state index contributed by atoms with van der Waals surface area (Å²) in [6.45, 7) is 3.22. The molecule has 2 aromatic rings. The Hall–Kier alpha value is -1.28. The monoisotopic (exact) mass is 231 g/mol. The summed E-state index contributed by atoms with van der Waals surface area (Å²) in [5.41, 5.74) is 3.75. The van der Waals surface area contributed by atoms with Gasteiger partial charge in [-0.25, -0.2) is 0 Å². The molecular weight excluding hydrogens is 210 g/mol. The van der Waals surface area contributed by atoms with Crippen LogP contribution in [0.1, 0.15) is 30.9 Å². The number of fused-ring (bicyclic) bond motifs is 1. The van der Waals surface area contributed by atoms with Gasteiger partial charge in [0.25, 0.3) is 0 Å². The molecule has 0 aliphatic carbocycles. The Balaban J connectivity index is 2.23. The number of rotatable bonds is 6. The third-order valence-electron chi connectivity index (χ3n) is 3.18. The number of likely N-dealkylation sites (N-methyl/N-ethyl adjacent to an activating group) is 1. The first-order valence-electron chi connectivity index (χ1n) is 6.48. The topological polar surface area (TPSA) is 25.2 Å². The molecule has 0 amide bonds. The van der Waals surface area contributed by atoms with E-state index in [1.165, 1.54) is 35.8 Å². The molecule has 0 spiro atoms. The van der Waals surface area contributed by atoms with Gasteiger partial charge in [-0.2, -0.15) is 0 Å². The smallest absolute Gasteiger partial charge is 0.134 e. The van der Waals surface area contributed by atoms with Crippen molar-refractivity contribution in [3.05, 3.63) is 35.6 Å². The molecule has 17 heavy (non-hydrogen) atoms. The second-order valence-corrected chi connectivity index (χ2v) is 4.55. The first-order valence-corrected chi connectivity index (χ1v) is 6.48. The molecule has 0 fully saturated rings. The van der Waals surface area contributed by atoms with Crippen molar-refractivity contribution in [2.24, 2.45) is 0 Å². The molecule has 1 N–H and O–H groups in total. The van der Waals surface area contributed by atoms with Crippen molar-refractivity contribution in [3.8, 4) is 0 Å². The zero-order valence-electron chi connectivity index (χ0n) is 10.8. The van der Waals surface area contributed by atoms with E-state index in [0.717, 1.165) is 18.5 Å². The quantitative estimate of drug-likeness (QED) is 0.822. The molecule has 0 radical (unpaired) electrons. The van der Waals surface area contributed by atoms with Crippen molar-refractivity contribution in [1.82, 2.24) is 5.32 Å². The van der Waals surface area contributed by atoms with Gasteiger partial charge in [-0.05, 0) is 56.1 Å². The molecule has 0 bridgehead atoms. The maximum absolute atomic E-state index is 5.58. The Bertz CT molecular complexity index is 473. The van der Waals surface area contributed by atoms with E-state index in [1.807, 2.05) is 13.3 Å². The molecule has 0 saturated heterocycles. The molecule has 1 aromatic heterocycles. The van der Waals surface area contributed by atoms with Gasteiger partial charge in [0.2, 0.25) is 0 Å². The minimum Gasteiger partial charge on any atom is -0.464 e. The number of hydrogen-bond acceptors (Lipinski definition) is 2. The Labute approximate surface area is 103 Å². The lowest BCUT2D eigenvalue weighted by molar-refractivity contribution is 0.608. The van der Waals surface area contributed by atoms with E-state index in [0.29, 0.717) is 0 Å². The Morgan fingerprint density at radius 2 is 2.12 bits per heavy atom.